The number of urea groups is 1. The highest BCUT2D eigenvalue weighted by Gasteiger charge is 2.25. The number of benzene rings is 2. The summed E-state index contributed by atoms with van der Waals surface area (Å²) in [4.78, 5) is 25.9. The van der Waals surface area contributed by atoms with Crippen molar-refractivity contribution < 1.29 is 9.59 Å². The fourth-order valence-electron chi connectivity index (χ4n) is 2.47. The molecule has 27 heavy (non-hydrogen) atoms. The molecule has 0 aliphatic heterocycles. The van der Waals surface area contributed by atoms with E-state index in [1.807, 2.05) is 42.6 Å². The van der Waals surface area contributed by atoms with Crippen LogP contribution in [0.3, 0.4) is 0 Å². The van der Waals surface area contributed by atoms with Crippen LogP contribution in [0.4, 0.5) is 10.5 Å². The number of hydrogen-bond acceptors (Lipinski definition) is 4. The Morgan fingerprint density at radius 3 is 2.30 bits per heavy atom. The molecule has 2 aromatic carbocycles. The molecule has 0 heterocycles. The summed E-state index contributed by atoms with van der Waals surface area (Å²) < 4.78 is 0. The summed E-state index contributed by atoms with van der Waals surface area (Å²) >= 11 is 0. The third-order valence-corrected chi connectivity index (χ3v) is 3.86. The first-order valence-corrected chi connectivity index (χ1v) is 8.40. The van der Waals surface area contributed by atoms with E-state index in [1.54, 1.807) is 31.2 Å². The molecular weight excluding hydrogens is 342 g/mol. The zero-order chi connectivity index (χ0) is 19.6. The van der Waals surface area contributed by atoms with Crippen molar-refractivity contribution in [2.45, 2.75) is 19.4 Å². The van der Waals surface area contributed by atoms with Gasteiger partial charge < -0.3 is 10.6 Å². The Balaban J connectivity index is 2.12. The van der Waals surface area contributed by atoms with Gasteiger partial charge in [0.25, 0.3) is 5.91 Å². The first kappa shape index (κ1) is 19.5. The van der Waals surface area contributed by atoms with Crippen molar-refractivity contribution in [1.29, 1.82) is 10.5 Å². The molecule has 3 amide bonds. The SMILES string of the molecule is CCN(C#N)C(=O)C(Cc1ccccc1)NC(=O)Nc1ccc(C#N)cc1. The van der Waals surface area contributed by atoms with Gasteiger partial charge in [-0.15, -0.1) is 0 Å². The fourth-order valence-corrected chi connectivity index (χ4v) is 2.47. The molecule has 2 rings (SSSR count). The van der Waals surface area contributed by atoms with E-state index in [0.29, 0.717) is 11.3 Å². The molecule has 1 atom stereocenters. The third kappa shape index (κ3) is 5.58. The number of hydrogen-bond donors (Lipinski definition) is 2. The fraction of sp³-hybridized carbons (Fsp3) is 0.200. The van der Waals surface area contributed by atoms with Crippen LogP contribution in [0.1, 0.15) is 18.1 Å². The van der Waals surface area contributed by atoms with E-state index in [1.165, 1.54) is 0 Å². The quantitative estimate of drug-likeness (QED) is 0.609. The van der Waals surface area contributed by atoms with Crippen LogP contribution in [0.25, 0.3) is 0 Å². The van der Waals surface area contributed by atoms with Crippen molar-refractivity contribution in [1.82, 2.24) is 10.2 Å². The number of rotatable bonds is 6. The summed E-state index contributed by atoms with van der Waals surface area (Å²) in [5, 5.41) is 23.2. The van der Waals surface area contributed by atoms with Gasteiger partial charge in [0.05, 0.1) is 11.6 Å². The smallest absolute Gasteiger partial charge is 0.319 e. The van der Waals surface area contributed by atoms with Gasteiger partial charge in [-0.05, 0) is 36.8 Å². The molecule has 0 saturated carbocycles. The van der Waals surface area contributed by atoms with Gasteiger partial charge >= 0.3 is 6.03 Å². The number of nitriles is 2. The molecule has 0 aliphatic carbocycles. The van der Waals surface area contributed by atoms with Crippen LogP contribution in [-0.4, -0.2) is 29.4 Å². The average Bonchev–Trinajstić information content (AvgIpc) is 2.69. The maximum atomic E-state index is 12.6. The van der Waals surface area contributed by atoms with E-state index < -0.39 is 18.0 Å². The Morgan fingerprint density at radius 2 is 1.74 bits per heavy atom. The van der Waals surface area contributed by atoms with Gasteiger partial charge in [0.2, 0.25) is 0 Å². The third-order valence-electron chi connectivity index (χ3n) is 3.86. The number of carbonyl (C=O) groups is 2. The number of likely N-dealkylation sites (N-methyl/N-ethyl adjacent to an activating group) is 1. The topological polar surface area (TPSA) is 109 Å². The highest BCUT2D eigenvalue weighted by atomic mass is 16.2. The first-order valence-electron chi connectivity index (χ1n) is 8.40. The van der Waals surface area contributed by atoms with Crippen LogP contribution in [0.15, 0.2) is 54.6 Å². The van der Waals surface area contributed by atoms with Gasteiger partial charge in [-0.2, -0.15) is 10.5 Å². The highest BCUT2D eigenvalue weighted by Crippen LogP contribution is 2.10. The maximum absolute atomic E-state index is 12.6. The lowest BCUT2D eigenvalue weighted by atomic mass is 10.0. The summed E-state index contributed by atoms with van der Waals surface area (Å²) in [6, 6.07) is 16.1. The van der Waals surface area contributed by atoms with E-state index in [-0.39, 0.29) is 13.0 Å². The molecule has 0 bridgehead atoms. The van der Waals surface area contributed by atoms with Crippen molar-refractivity contribution >= 4 is 17.6 Å². The normalized spacial score (nSPS) is 10.8. The lowest BCUT2D eigenvalue weighted by molar-refractivity contribution is -0.129. The van der Waals surface area contributed by atoms with Crippen LogP contribution < -0.4 is 10.6 Å². The molecule has 2 aromatic rings. The lowest BCUT2D eigenvalue weighted by Gasteiger charge is -2.22. The zero-order valence-corrected chi connectivity index (χ0v) is 14.8. The molecule has 0 saturated heterocycles. The van der Waals surface area contributed by atoms with Gasteiger partial charge in [0.15, 0.2) is 6.19 Å². The minimum atomic E-state index is -0.884. The lowest BCUT2D eigenvalue weighted by Crippen LogP contribution is -2.49. The second kappa shape index (κ2) is 9.59. The number of nitrogens with zero attached hydrogens (tertiary/aromatic N) is 3. The van der Waals surface area contributed by atoms with Crippen LogP contribution >= 0.6 is 0 Å². The molecule has 0 spiro atoms. The van der Waals surface area contributed by atoms with Gasteiger partial charge in [-0.1, -0.05) is 30.3 Å². The predicted molar refractivity (Wildman–Crippen MR) is 100 cm³/mol. The molecule has 0 aromatic heterocycles. The summed E-state index contributed by atoms with van der Waals surface area (Å²) in [5.74, 6) is -0.473. The Morgan fingerprint density at radius 1 is 1.07 bits per heavy atom. The molecule has 1 unspecified atom stereocenters. The van der Waals surface area contributed by atoms with Gasteiger partial charge in [0, 0.05) is 18.7 Å². The molecular formula is C20H19N5O2. The molecule has 7 heteroatoms. The van der Waals surface area contributed by atoms with Gasteiger partial charge in [-0.3, -0.25) is 4.79 Å². The van der Waals surface area contributed by atoms with E-state index in [4.69, 9.17) is 10.5 Å². The van der Waals surface area contributed by atoms with Gasteiger partial charge in [0.1, 0.15) is 6.04 Å². The van der Waals surface area contributed by atoms with Crippen molar-refractivity contribution in [3.8, 4) is 12.3 Å². The first-order chi connectivity index (χ1) is 13.1. The standard InChI is InChI=1S/C20H19N5O2/c1-2-25(14-22)19(26)18(12-15-6-4-3-5-7-15)24-20(27)23-17-10-8-16(13-21)9-11-17/h3-11,18H,2,12H2,1H3,(H2,23,24,27). The number of nitrogens with one attached hydrogen (secondary N) is 2. The Labute approximate surface area is 157 Å². The van der Waals surface area contributed by atoms with E-state index in [9.17, 15) is 9.59 Å². The van der Waals surface area contributed by atoms with Crippen molar-refractivity contribution in [2.75, 3.05) is 11.9 Å². The van der Waals surface area contributed by atoms with E-state index in [2.05, 4.69) is 10.6 Å². The Kier molecular flexibility index (Phi) is 6.92. The monoisotopic (exact) mass is 361 g/mol. The summed E-state index contributed by atoms with van der Waals surface area (Å²) in [6.45, 7) is 1.91. The largest absolute Gasteiger partial charge is 0.326 e. The van der Waals surface area contributed by atoms with Crippen molar-refractivity contribution in [3.63, 3.8) is 0 Å². The molecule has 2 N–H and O–H groups in total. The minimum Gasteiger partial charge on any atom is -0.326 e. The van der Waals surface area contributed by atoms with E-state index >= 15 is 0 Å². The van der Waals surface area contributed by atoms with Crippen LogP contribution in [0.5, 0.6) is 0 Å². The molecule has 136 valence electrons. The van der Waals surface area contributed by atoms with Crippen LogP contribution in [-0.2, 0) is 11.2 Å². The van der Waals surface area contributed by atoms with Crippen LogP contribution in [0, 0.1) is 22.8 Å². The summed E-state index contributed by atoms with van der Waals surface area (Å²) in [7, 11) is 0. The zero-order valence-electron chi connectivity index (χ0n) is 14.8. The molecule has 0 fully saturated rings. The van der Waals surface area contributed by atoms with Crippen molar-refractivity contribution in [2.24, 2.45) is 0 Å². The number of carbonyl (C=O) groups excluding carboxylic acids is 2. The van der Waals surface area contributed by atoms with Crippen molar-refractivity contribution in [3.05, 3.63) is 65.7 Å². The second-order valence-electron chi connectivity index (χ2n) is 5.71. The van der Waals surface area contributed by atoms with Crippen LogP contribution in [0.2, 0.25) is 0 Å². The molecule has 0 aliphatic rings. The highest BCUT2D eigenvalue weighted by molar-refractivity contribution is 5.94. The number of amides is 3. The summed E-state index contributed by atoms with van der Waals surface area (Å²) in [6.07, 6.45) is 2.10. The second-order valence-corrected chi connectivity index (χ2v) is 5.71. The Hall–Kier alpha value is -3.84. The van der Waals surface area contributed by atoms with Gasteiger partial charge in [-0.25, -0.2) is 9.69 Å². The summed E-state index contributed by atoms with van der Waals surface area (Å²) in [5.41, 5.74) is 1.83. The minimum absolute atomic E-state index is 0.222. The maximum Gasteiger partial charge on any atom is 0.319 e. The Bertz CT molecular complexity index is 866. The number of anilines is 1. The molecule has 7 nitrogen and oxygen atoms in total. The molecule has 0 radical (unpaired) electrons. The average molecular weight is 361 g/mol. The predicted octanol–water partition coefficient (Wildman–Crippen LogP) is 2.62. The van der Waals surface area contributed by atoms with E-state index in [0.717, 1.165) is 10.5 Å².